The summed E-state index contributed by atoms with van der Waals surface area (Å²) in [6.07, 6.45) is 2.44. The number of rotatable bonds is 2. The van der Waals surface area contributed by atoms with E-state index in [0.29, 0.717) is 12.5 Å². The minimum atomic E-state index is -0.121. The van der Waals surface area contributed by atoms with Crippen LogP contribution < -0.4 is 15.1 Å². The average molecular weight is 288 g/mol. The van der Waals surface area contributed by atoms with E-state index in [9.17, 15) is 9.59 Å². The molecule has 1 aromatic carbocycles. The Labute approximate surface area is 124 Å². The average Bonchev–Trinajstić information content (AvgIpc) is 2.46. The molecule has 2 aliphatic heterocycles. The molecule has 112 valence electrons. The summed E-state index contributed by atoms with van der Waals surface area (Å²) >= 11 is 0. The van der Waals surface area contributed by atoms with Gasteiger partial charge in [-0.2, -0.15) is 0 Å². The van der Waals surface area contributed by atoms with Gasteiger partial charge in [-0.3, -0.25) is 14.5 Å². The predicted octanol–water partition coefficient (Wildman–Crippen LogP) is 0.287. The molecule has 2 atom stereocenters. The van der Waals surface area contributed by atoms with Gasteiger partial charge in [-0.15, -0.1) is 0 Å². The van der Waals surface area contributed by atoms with E-state index in [1.165, 1.54) is 17.7 Å². The van der Waals surface area contributed by atoms with E-state index >= 15 is 0 Å². The van der Waals surface area contributed by atoms with Crippen molar-refractivity contribution in [3.63, 3.8) is 0 Å². The number of benzene rings is 1. The number of quaternary nitrogens is 1. The molecule has 1 fully saturated rings. The number of para-hydroxylation sites is 2. The summed E-state index contributed by atoms with van der Waals surface area (Å²) in [5, 5.41) is 2.82. The molecule has 0 aromatic heterocycles. The smallest absolute Gasteiger partial charge is 0.282 e. The summed E-state index contributed by atoms with van der Waals surface area (Å²) in [7, 11) is 0. The summed E-state index contributed by atoms with van der Waals surface area (Å²) in [6.45, 7) is 4.95. The first-order chi connectivity index (χ1) is 10.1. The summed E-state index contributed by atoms with van der Waals surface area (Å²) in [6, 6.07) is 7.49. The highest BCUT2D eigenvalue weighted by atomic mass is 16.2. The van der Waals surface area contributed by atoms with Gasteiger partial charge in [0.05, 0.1) is 24.5 Å². The van der Waals surface area contributed by atoms with Gasteiger partial charge in [0.1, 0.15) is 6.54 Å². The van der Waals surface area contributed by atoms with Gasteiger partial charge >= 0.3 is 0 Å². The maximum Gasteiger partial charge on any atom is 0.282 e. The van der Waals surface area contributed by atoms with E-state index in [1.807, 2.05) is 24.3 Å². The number of piperidine rings is 1. The number of amides is 2. The van der Waals surface area contributed by atoms with Crippen molar-refractivity contribution in [2.45, 2.75) is 19.8 Å². The SMILES string of the molecule is C[C@@H]1CCC[NH+](CC(=O)N2CC(=O)Nc3ccccc32)C1. The Kier molecular flexibility index (Phi) is 3.92. The molecule has 5 heteroatoms. The maximum atomic E-state index is 12.6. The second-order valence-corrected chi connectivity index (χ2v) is 6.17. The molecule has 5 nitrogen and oxygen atoms in total. The first-order valence-corrected chi connectivity index (χ1v) is 7.66. The highest BCUT2D eigenvalue weighted by molar-refractivity contribution is 6.10. The fourth-order valence-electron chi connectivity index (χ4n) is 3.32. The number of hydrogen-bond donors (Lipinski definition) is 2. The van der Waals surface area contributed by atoms with E-state index in [2.05, 4.69) is 12.2 Å². The molecule has 1 saturated heterocycles. The van der Waals surface area contributed by atoms with Gasteiger partial charge in [0.2, 0.25) is 5.91 Å². The zero-order valence-electron chi connectivity index (χ0n) is 12.4. The van der Waals surface area contributed by atoms with Gasteiger partial charge in [0.15, 0.2) is 6.54 Å². The van der Waals surface area contributed by atoms with Crippen molar-refractivity contribution < 1.29 is 14.5 Å². The summed E-state index contributed by atoms with van der Waals surface area (Å²) < 4.78 is 0. The molecular formula is C16H22N3O2+. The first-order valence-electron chi connectivity index (χ1n) is 7.66. The Balaban J connectivity index is 1.74. The fraction of sp³-hybridized carbons (Fsp3) is 0.500. The summed E-state index contributed by atoms with van der Waals surface area (Å²) in [5.74, 6) is 0.601. The summed E-state index contributed by atoms with van der Waals surface area (Å²) in [5.41, 5.74) is 1.54. The van der Waals surface area contributed by atoms with E-state index in [4.69, 9.17) is 0 Å². The number of hydrogen-bond acceptors (Lipinski definition) is 2. The molecule has 2 N–H and O–H groups in total. The van der Waals surface area contributed by atoms with Gasteiger partial charge in [-0.25, -0.2) is 0 Å². The minimum absolute atomic E-state index is 0.0430. The van der Waals surface area contributed by atoms with Crippen LogP contribution in [0.1, 0.15) is 19.8 Å². The van der Waals surface area contributed by atoms with Crippen LogP contribution >= 0.6 is 0 Å². The van der Waals surface area contributed by atoms with Crippen LogP contribution in [0.4, 0.5) is 11.4 Å². The predicted molar refractivity (Wildman–Crippen MR) is 81.4 cm³/mol. The van der Waals surface area contributed by atoms with E-state index in [0.717, 1.165) is 24.5 Å². The molecule has 2 amide bonds. The van der Waals surface area contributed by atoms with Crippen molar-refractivity contribution in [3.8, 4) is 0 Å². The second kappa shape index (κ2) is 5.85. The monoisotopic (exact) mass is 288 g/mol. The van der Waals surface area contributed by atoms with Gasteiger partial charge in [-0.05, 0) is 25.0 Å². The highest BCUT2D eigenvalue weighted by Gasteiger charge is 2.30. The van der Waals surface area contributed by atoms with E-state index in [-0.39, 0.29) is 18.4 Å². The van der Waals surface area contributed by atoms with Crippen molar-refractivity contribution in [1.82, 2.24) is 0 Å². The molecule has 1 unspecified atom stereocenters. The Morgan fingerprint density at radius 3 is 3.05 bits per heavy atom. The molecule has 0 aliphatic carbocycles. The molecule has 0 saturated carbocycles. The third-order valence-electron chi connectivity index (χ3n) is 4.34. The molecule has 2 heterocycles. The maximum absolute atomic E-state index is 12.6. The fourth-order valence-corrected chi connectivity index (χ4v) is 3.32. The number of anilines is 2. The molecule has 0 bridgehead atoms. The Bertz CT molecular complexity index is 558. The second-order valence-electron chi connectivity index (χ2n) is 6.17. The van der Waals surface area contributed by atoms with E-state index in [1.54, 1.807) is 4.90 Å². The van der Waals surface area contributed by atoms with Gasteiger partial charge in [0.25, 0.3) is 5.91 Å². The van der Waals surface area contributed by atoms with Gasteiger partial charge in [0, 0.05) is 5.92 Å². The molecule has 1 aromatic rings. The van der Waals surface area contributed by atoms with Crippen molar-refractivity contribution in [2.75, 3.05) is 36.4 Å². The van der Waals surface area contributed by atoms with Crippen LogP contribution in [0.25, 0.3) is 0 Å². The lowest BCUT2D eigenvalue weighted by Gasteiger charge is -2.32. The lowest BCUT2D eigenvalue weighted by atomic mass is 10.0. The van der Waals surface area contributed by atoms with Crippen LogP contribution in [0.2, 0.25) is 0 Å². The Hall–Kier alpha value is -1.88. The highest BCUT2D eigenvalue weighted by Crippen LogP contribution is 2.28. The topological polar surface area (TPSA) is 53.9 Å². The molecular weight excluding hydrogens is 266 g/mol. The number of likely N-dealkylation sites (tertiary alicyclic amines) is 1. The van der Waals surface area contributed by atoms with Crippen LogP contribution in [0.3, 0.4) is 0 Å². The number of carbonyl (C=O) groups is 2. The third kappa shape index (κ3) is 3.08. The molecule has 0 spiro atoms. The van der Waals surface area contributed by atoms with Gasteiger partial charge < -0.3 is 10.2 Å². The van der Waals surface area contributed by atoms with Crippen molar-refractivity contribution >= 4 is 23.2 Å². The zero-order valence-corrected chi connectivity index (χ0v) is 12.4. The van der Waals surface area contributed by atoms with Crippen LogP contribution in [-0.4, -0.2) is 38.0 Å². The standard InChI is InChI=1S/C16H21N3O2/c1-12-5-4-8-18(9-12)11-16(21)19-10-15(20)17-13-6-2-3-7-14(13)19/h2-3,6-7,12H,4-5,8-11H2,1H3,(H,17,20)/p+1/t12-/m1/s1. The first kappa shape index (κ1) is 14.1. The molecule has 21 heavy (non-hydrogen) atoms. The number of carbonyl (C=O) groups excluding carboxylic acids is 2. The minimum Gasteiger partial charge on any atom is -0.327 e. The third-order valence-corrected chi connectivity index (χ3v) is 4.34. The zero-order chi connectivity index (χ0) is 14.8. The van der Waals surface area contributed by atoms with Crippen molar-refractivity contribution in [1.29, 1.82) is 0 Å². The quantitative estimate of drug-likeness (QED) is 0.822. The number of nitrogens with one attached hydrogen (secondary N) is 2. The number of nitrogens with zero attached hydrogens (tertiary/aromatic N) is 1. The molecule has 2 aliphatic rings. The van der Waals surface area contributed by atoms with Crippen LogP contribution in [0, 0.1) is 5.92 Å². The van der Waals surface area contributed by atoms with Crippen molar-refractivity contribution in [2.24, 2.45) is 5.92 Å². The Morgan fingerprint density at radius 1 is 1.43 bits per heavy atom. The van der Waals surface area contributed by atoms with Crippen LogP contribution in [0.5, 0.6) is 0 Å². The van der Waals surface area contributed by atoms with E-state index < -0.39 is 0 Å². The normalized spacial score (nSPS) is 25.2. The Morgan fingerprint density at radius 2 is 2.24 bits per heavy atom. The summed E-state index contributed by atoms with van der Waals surface area (Å²) in [4.78, 5) is 27.3. The largest absolute Gasteiger partial charge is 0.327 e. The number of fused-ring (bicyclic) bond motifs is 1. The molecule has 0 radical (unpaired) electrons. The van der Waals surface area contributed by atoms with Gasteiger partial charge in [-0.1, -0.05) is 19.1 Å². The van der Waals surface area contributed by atoms with Crippen molar-refractivity contribution in [3.05, 3.63) is 24.3 Å². The lowest BCUT2D eigenvalue weighted by molar-refractivity contribution is -0.900. The lowest BCUT2D eigenvalue weighted by Crippen LogP contribution is -3.14. The van der Waals surface area contributed by atoms with Crippen LogP contribution in [0.15, 0.2) is 24.3 Å². The molecule has 3 rings (SSSR count). The van der Waals surface area contributed by atoms with Crippen LogP contribution in [-0.2, 0) is 9.59 Å².